The molecule has 0 aromatic carbocycles. The van der Waals surface area contributed by atoms with Gasteiger partial charge in [-0.2, -0.15) is 0 Å². The summed E-state index contributed by atoms with van der Waals surface area (Å²) >= 11 is 0. The molecule has 0 rings (SSSR count). The molecule has 0 saturated carbocycles. The Morgan fingerprint density at radius 3 is 2.42 bits per heavy atom. The molecule has 0 bridgehead atoms. The molecule has 0 saturated heterocycles. The Labute approximate surface area is 75.9 Å². The van der Waals surface area contributed by atoms with E-state index in [1.54, 1.807) is 6.92 Å². The second-order valence-electron chi connectivity index (χ2n) is 3.22. The number of rotatable bonds is 7. The Morgan fingerprint density at radius 1 is 1.17 bits per heavy atom. The van der Waals surface area contributed by atoms with Gasteiger partial charge in [0.05, 0.1) is 0 Å². The van der Waals surface area contributed by atoms with Crippen LogP contribution in [0.25, 0.3) is 0 Å². The summed E-state index contributed by atoms with van der Waals surface area (Å²) in [5.41, 5.74) is 0. The highest BCUT2D eigenvalue weighted by Crippen LogP contribution is 2.05. The molecule has 0 unspecified atom stereocenters. The van der Waals surface area contributed by atoms with Crippen molar-refractivity contribution in [3.8, 4) is 0 Å². The fourth-order valence-corrected chi connectivity index (χ4v) is 1.16. The first kappa shape index (κ1) is 11.4. The van der Waals surface area contributed by atoms with Crippen LogP contribution in [0, 0.1) is 0 Å². The lowest BCUT2D eigenvalue weighted by Crippen LogP contribution is -1.88. The lowest BCUT2D eigenvalue weighted by Gasteiger charge is -1.96. The van der Waals surface area contributed by atoms with Gasteiger partial charge in [-0.3, -0.25) is 0 Å². The predicted octanol–water partition coefficient (Wildman–Crippen LogP) is 3.49. The third-order valence-corrected chi connectivity index (χ3v) is 1.89. The zero-order chi connectivity index (χ0) is 9.23. The predicted molar refractivity (Wildman–Crippen MR) is 53.2 cm³/mol. The van der Waals surface area contributed by atoms with Crippen LogP contribution in [0.1, 0.15) is 52.4 Å². The number of ketones is 1. The maximum atomic E-state index is 10.6. The van der Waals surface area contributed by atoms with E-state index in [9.17, 15) is 4.79 Å². The molecule has 0 radical (unpaired) electrons. The number of allylic oxidation sites excluding steroid dienone is 2. The van der Waals surface area contributed by atoms with Crippen molar-refractivity contribution in [2.75, 3.05) is 0 Å². The van der Waals surface area contributed by atoms with Gasteiger partial charge in [0.2, 0.25) is 0 Å². The molecule has 0 aliphatic carbocycles. The topological polar surface area (TPSA) is 17.1 Å². The molecular weight excluding hydrogens is 148 g/mol. The fourth-order valence-electron chi connectivity index (χ4n) is 1.16. The molecule has 0 aliphatic heterocycles. The quantitative estimate of drug-likeness (QED) is 0.420. The second-order valence-corrected chi connectivity index (χ2v) is 3.22. The summed E-state index contributed by atoms with van der Waals surface area (Å²) in [5.74, 6) is 0.323. The van der Waals surface area contributed by atoms with Crippen LogP contribution in [-0.2, 0) is 4.79 Å². The summed E-state index contributed by atoms with van der Waals surface area (Å²) in [7, 11) is 0. The first-order chi connectivity index (χ1) is 5.77. The van der Waals surface area contributed by atoms with Crippen molar-refractivity contribution in [2.45, 2.75) is 52.4 Å². The van der Waals surface area contributed by atoms with Crippen molar-refractivity contribution < 1.29 is 4.79 Å². The van der Waals surface area contributed by atoms with Crippen LogP contribution in [0.3, 0.4) is 0 Å². The summed E-state index contributed by atoms with van der Waals surface area (Å²) in [6.07, 6.45) is 11.1. The first-order valence-electron chi connectivity index (χ1n) is 4.88. The number of Topliss-reactive ketones (excluding diaryl/α,β-unsaturated/α-hetero) is 1. The van der Waals surface area contributed by atoms with Gasteiger partial charge in [-0.15, -0.1) is 0 Å². The Hall–Kier alpha value is -0.590. The third-order valence-electron chi connectivity index (χ3n) is 1.89. The minimum absolute atomic E-state index is 0.323. The molecule has 0 atom stereocenters. The maximum absolute atomic E-state index is 10.6. The van der Waals surface area contributed by atoms with Gasteiger partial charge in [0.1, 0.15) is 5.78 Å². The highest BCUT2D eigenvalue weighted by Gasteiger charge is 1.92. The van der Waals surface area contributed by atoms with Gasteiger partial charge < -0.3 is 4.79 Å². The molecule has 12 heavy (non-hydrogen) atoms. The van der Waals surface area contributed by atoms with E-state index in [0.717, 1.165) is 12.8 Å². The van der Waals surface area contributed by atoms with Crippen molar-refractivity contribution in [1.29, 1.82) is 0 Å². The van der Waals surface area contributed by atoms with Crippen molar-refractivity contribution in [1.82, 2.24) is 0 Å². The second kappa shape index (κ2) is 8.51. The molecule has 0 heterocycles. The molecule has 0 spiro atoms. The molecule has 0 aromatic rings. The molecule has 70 valence electrons. The van der Waals surface area contributed by atoms with Gasteiger partial charge in [0.15, 0.2) is 0 Å². The number of carbonyl (C=O) groups is 1. The van der Waals surface area contributed by atoms with Gasteiger partial charge in [0.25, 0.3) is 0 Å². The van der Waals surface area contributed by atoms with Crippen molar-refractivity contribution in [3.05, 3.63) is 12.2 Å². The van der Waals surface area contributed by atoms with Crippen LogP contribution >= 0.6 is 0 Å². The average molecular weight is 168 g/mol. The van der Waals surface area contributed by atoms with Crippen molar-refractivity contribution in [2.24, 2.45) is 0 Å². The Kier molecular flexibility index (Phi) is 8.09. The fraction of sp³-hybridized carbons (Fsp3) is 0.727. The molecule has 1 nitrogen and oxygen atoms in total. The minimum Gasteiger partial charge on any atom is -0.300 e. The van der Waals surface area contributed by atoms with E-state index >= 15 is 0 Å². The summed E-state index contributed by atoms with van der Waals surface area (Å²) in [4.78, 5) is 10.6. The van der Waals surface area contributed by atoms with E-state index in [0.29, 0.717) is 5.78 Å². The summed E-state index contributed by atoms with van der Waals surface area (Å²) < 4.78 is 0. The highest BCUT2D eigenvalue weighted by molar-refractivity contribution is 5.75. The molecule has 0 fully saturated rings. The number of carbonyl (C=O) groups excluding carboxylic acids is 1. The standard InChI is InChI=1S/C11H20O/c1-3-4-5-6-7-8-9-10-11(2)12/h3-4H,5-10H2,1-2H3. The highest BCUT2D eigenvalue weighted by atomic mass is 16.1. The maximum Gasteiger partial charge on any atom is 0.129 e. The van der Waals surface area contributed by atoms with Crippen LogP contribution in [0.5, 0.6) is 0 Å². The van der Waals surface area contributed by atoms with Gasteiger partial charge in [-0.1, -0.05) is 25.0 Å². The zero-order valence-corrected chi connectivity index (χ0v) is 8.31. The summed E-state index contributed by atoms with van der Waals surface area (Å²) in [6.45, 7) is 3.72. The number of hydrogen-bond acceptors (Lipinski definition) is 1. The number of unbranched alkanes of at least 4 members (excludes halogenated alkanes) is 4. The molecule has 0 aromatic heterocycles. The summed E-state index contributed by atoms with van der Waals surface area (Å²) in [5, 5.41) is 0. The van der Waals surface area contributed by atoms with Crippen LogP contribution in [0.2, 0.25) is 0 Å². The van der Waals surface area contributed by atoms with E-state index in [1.165, 1.54) is 25.7 Å². The smallest absolute Gasteiger partial charge is 0.129 e. The van der Waals surface area contributed by atoms with E-state index in [2.05, 4.69) is 19.1 Å². The Balaban J connectivity index is 2.96. The lowest BCUT2D eigenvalue weighted by molar-refractivity contribution is -0.117. The minimum atomic E-state index is 0.323. The molecule has 0 amide bonds. The molecule has 0 N–H and O–H groups in total. The molecular formula is C11H20O. The molecule has 0 aliphatic rings. The Bertz CT molecular complexity index is 136. The lowest BCUT2D eigenvalue weighted by atomic mass is 10.1. The van der Waals surface area contributed by atoms with E-state index in [-0.39, 0.29) is 0 Å². The Morgan fingerprint density at radius 2 is 1.83 bits per heavy atom. The zero-order valence-electron chi connectivity index (χ0n) is 8.31. The van der Waals surface area contributed by atoms with Crippen LogP contribution < -0.4 is 0 Å². The third kappa shape index (κ3) is 9.41. The van der Waals surface area contributed by atoms with E-state index in [4.69, 9.17) is 0 Å². The van der Waals surface area contributed by atoms with Gasteiger partial charge >= 0.3 is 0 Å². The SMILES string of the molecule is CC=CCCCCCCC(C)=O. The first-order valence-corrected chi connectivity index (χ1v) is 4.88. The van der Waals surface area contributed by atoms with Crippen molar-refractivity contribution >= 4 is 5.78 Å². The number of hydrogen-bond donors (Lipinski definition) is 0. The largest absolute Gasteiger partial charge is 0.300 e. The van der Waals surface area contributed by atoms with E-state index in [1.807, 2.05) is 0 Å². The van der Waals surface area contributed by atoms with Gasteiger partial charge in [-0.25, -0.2) is 0 Å². The van der Waals surface area contributed by atoms with E-state index < -0.39 is 0 Å². The summed E-state index contributed by atoms with van der Waals surface area (Å²) in [6, 6.07) is 0. The van der Waals surface area contributed by atoms with Crippen LogP contribution in [0.4, 0.5) is 0 Å². The monoisotopic (exact) mass is 168 g/mol. The van der Waals surface area contributed by atoms with Crippen molar-refractivity contribution in [3.63, 3.8) is 0 Å². The molecule has 1 heteroatoms. The van der Waals surface area contributed by atoms with Crippen LogP contribution in [0.15, 0.2) is 12.2 Å². The van der Waals surface area contributed by atoms with Crippen LogP contribution in [-0.4, -0.2) is 5.78 Å². The average Bonchev–Trinajstić information content (AvgIpc) is 2.02. The van der Waals surface area contributed by atoms with Gasteiger partial charge in [-0.05, 0) is 33.1 Å². The normalized spacial score (nSPS) is 10.8. The van der Waals surface area contributed by atoms with Gasteiger partial charge in [0, 0.05) is 6.42 Å².